The van der Waals surface area contributed by atoms with Crippen molar-refractivity contribution in [2.45, 2.75) is 57.7 Å². The van der Waals surface area contributed by atoms with Gasteiger partial charge in [0.15, 0.2) is 11.5 Å². The Hall–Kier alpha value is -3.35. The molecule has 0 spiro atoms. The van der Waals surface area contributed by atoms with Crippen molar-refractivity contribution < 1.29 is 14.3 Å². The van der Waals surface area contributed by atoms with Crippen LogP contribution in [0.2, 0.25) is 0 Å². The predicted octanol–water partition coefficient (Wildman–Crippen LogP) is 4.64. The fourth-order valence-corrected chi connectivity index (χ4v) is 4.25. The molecule has 1 fully saturated rings. The number of aromatic nitrogens is 2. The van der Waals surface area contributed by atoms with Gasteiger partial charge < -0.3 is 20.1 Å². The number of hydrogen-bond donors (Lipinski definition) is 2. The Balaban J connectivity index is 1.55. The largest absolute Gasteiger partial charge is 0.493 e. The lowest BCUT2D eigenvalue weighted by molar-refractivity contribution is -0.120. The quantitative estimate of drug-likeness (QED) is 0.564. The van der Waals surface area contributed by atoms with E-state index in [0.29, 0.717) is 11.5 Å². The first kappa shape index (κ1) is 21.9. The number of anilines is 1. The van der Waals surface area contributed by atoms with Crippen molar-refractivity contribution in [3.8, 4) is 11.5 Å². The van der Waals surface area contributed by atoms with Crippen molar-refractivity contribution in [3.05, 3.63) is 54.4 Å². The van der Waals surface area contributed by atoms with Gasteiger partial charge >= 0.3 is 0 Å². The lowest BCUT2D eigenvalue weighted by Gasteiger charge is -2.29. The average Bonchev–Trinajstić information content (AvgIpc) is 2.80. The van der Waals surface area contributed by atoms with Crippen molar-refractivity contribution in [2.75, 3.05) is 12.4 Å². The van der Waals surface area contributed by atoms with Crippen LogP contribution in [-0.2, 0) is 4.79 Å². The fourth-order valence-electron chi connectivity index (χ4n) is 4.25. The number of hydrogen-bond acceptors (Lipinski definition) is 6. The Morgan fingerprint density at radius 2 is 1.81 bits per heavy atom. The molecule has 1 heterocycles. The summed E-state index contributed by atoms with van der Waals surface area (Å²) >= 11 is 0. The van der Waals surface area contributed by atoms with Crippen molar-refractivity contribution in [3.63, 3.8) is 0 Å². The minimum absolute atomic E-state index is 0.0235. The van der Waals surface area contributed by atoms with Crippen LogP contribution >= 0.6 is 0 Å². The molecule has 3 aromatic rings. The zero-order chi connectivity index (χ0) is 22.5. The van der Waals surface area contributed by atoms with Crippen LogP contribution < -0.4 is 20.1 Å². The van der Waals surface area contributed by atoms with E-state index in [-0.39, 0.29) is 24.1 Å². The predicted molar refractivity (Wildman–Crippen MR) is 125 cm³/mol. The highest BCUT2D eigenvalue weighted by atomic mass is 16.5. The molecule has 1 aromatic heterocycles. The van der Waals surface area contributed by atoms with Gasteiger partial charge in [0.1, 0.15) is 12.1 Å². The van der Waals surface area contributed by atoms with Crippen molar-refractivity contribution in [1.29, 1.82) is 0 Å². The molecule has 1 aliphatic rings. The van der Waals surface area contributed by atoms with E-state index in [1.807, 2.05) is 30.3 Å². The number of ether oxygens (including phenoxy) is 2. The van der Waals surface area contributed by atoms with Gasteiger partial charge in [0, 0.05) is 30.5 Å². The molecule has 1 atom stereocenters. The van der Waals surface area contributed by atoms with Crippen LogP contribution in [0.5, 0.6) is 11.5 Å². The van der Waals surface area contributed by atoms with Crippen LogP contribution in [0.4, 0.5) is 5.82 Å². The second-order valence-corrected chi connectivity index (χ2v) is 8.31. The number of nitrogens with one attached hydrogen (secondary N) is 2. The number of nitrogens with zero attached hydrogens (tertiary/aromatic N) is 2. The van der Waals surface area contributed by atoms with E-state index < -0.39 is 0 Å². The van der Waals surface area contributed by atoms with Gasteiger partial charge in [-0.2, -0.15) is 0 Å². The molecule has 0 radical (unpaired) electrons. The summed E-state index contributed by atoms with van der Waals surface area (Å²) in [6.07, 6.45) is 5.22. The molecular formula is C25H30N4O3. The molecule has 32 heavy (non-hydrogen) atoms. The molecule has 168 valence electrons. The molecule has 0 aliphatic heterocycles. The maximum absolute atomic E-state index is 11.3. The van der Waals surface area contributed by atoms with E-state index in [9.17, 15) is 4.79 Å². The molecule has 2 N–H and O–H groups in total. The van der Waals surface area contributed by atoms with Crippen LogP contribution in [0.1, 0.15) is 51.1 Å². The number of fused-ring (bicyclic) bond motifs is 1. The molecule has 0 bridgehead atoms. The summed E-state index contributed by atoms with van der Waals surface area (Å²) in [6, 6.07) is 14.4. The van der Waals surface area contributed by atoms with Gasteiger partial charge in [-0.25, -0.2) is 9.97 Å². The summed E-state index contributed by atoms with van der Waals surface area (Å²) in [7, 11) is 1.64. The molecule has 7 nitrogen and oxygen atoms in total. The highest BCUT2D eigenvalue weighted by Gasteiger charge is 2.24. The number of rotatable bonds is 7. The summed E-state index contributed by atoms with van der Waals surface area (Å²) < 4.78 is 12.0. The topological polar surface area (TPSA) is 85.4 Å². The first-order valence-electron chi connectivity index (χ1n) is 11.1. The van der Waals surface area contributed by atoms with Crippen molar-refractivity contribution in [2.24, 2.45) is 0 Å². The van der Waals surface area contributed by atoms with Gasteiger partial charge in [0.2, 0.25) is 5.91 Å². The molecule has 7 heteroatoms. The van der Waals surface area contributed by atoms with Gasteiger partial charge in [0.25, 0.3) is 0 Å². The monoisotopic (exact) mass is 434 g/mol. The highest BCUT2D eigenvalue weighted by Crippen LogP contribution is 2.37. The van der Waals surface area contributed by atoms with E-state index in [4.69, 9.17) is 9.47 Å². The summed E-state index contributed by atoms with van der Waals surface area (Å²) in [4.78, 5) is 20.2. The molecule has 0 unspecified atom stereocenters. The van der Waals surface area contributed by atoms with Crippen LogP contribution in [0, 0.1) is 0 Å². The maximum Gasteiger partial charge on any atom is 0.217 e. The number of carbonyl (C=O) groups is 1. The van der Waals surface area contributed by atoms with Crippen LogP contribution in [-0.4, -0.2) is 35.1 Å². The number of amides is 1. The number of carbonyl (C=O) groups excluding carboxylic acids is 1. The zero-order valence-corrected chi connectivity index (χ0v) is 18.8. The zero-order valence-electron chi connectivity index (χ0n) is 18.8. The third-order valence-electron chi connectivity index (χ3n) is 5.95. The van der Waals surface area contributed by atoms with Crippen molar-refractivity contribution >= 4 is 22.6 Å². The number of methoxy groups -OCH3 is 1. The van der Waals surface area contributed by atoms with Gasteiger partial charge in [0.05, 0.1) is 18.7 Å². The van der Waals surface area contributed by atoms with E-state index in [0.717, 1.165) is 42.4 Å². The molecular weight excluding hydrogens is 404 g/mol. The van der Waals surface area contributed by atoms with Gasteiger partial charge in [-0.1, -0.05) is 30.3 Å². The smallest absolute Gasteiger partial charge is 0.217 e. The number of benzene rings is 2. The summed E-state index contributed by atoms with van der Waals surface area (Å²) in [5.41, 5.74) is 1.97. The van der Waals surface area contributed by atoms with Gasteiger partial charge in [-0.15, -0.1) is 0 Å². The van der Waals surface area contributed by atoms with E-state index >= 15 is 0 Å². The Morgan fingerprint density at radius 3 is 2.50 bits per heavy atom. The van der Waals surface area contributed by atoms with E-state index in [1.165, 1.54) is 5.56 Å². The second kappa shape index (κ2) is 9.85. The highest BCUT2D eigenvalue weighted by molar-refractivity contribution is 5.91. The Kier molecular flexibility index (Phi) is 6.73. The lowest BCUT2D eigenvalue weighted by atomic mass is 9.93. The lowest BCUT2D eigenvalue weighted by Crippen LogP contribution is -2.38. The normalized spacial score (nSPS) is 19.2. The summed E-state index contributed by atoms with van der Waals surface area (Å²) in [5.74, 6) is 2.12. The molecule has 2 aromatic carbocycles. The first-order chi connectivity index (χ1) is 15.5. The van der Waals surface area contributed by atoms with Crippen LogP contribution in [0.25, 0.3) is 10.9 Å². The molecule has 1 saturated carbocycles. The SMILES string of the molecule is COc1cc2ncnc(N[C@H](C)c3ccccc3)c2cc1OC1CCC(NC(C)=O)CC1. The van der Waals surface area contributed by atoms with Gasteiger partial charge in [-0.3, -0.25) is 4.79 Å². The summed E-state index contributed by atoms with van der Waals surface area (Å²) in [5, 5.41) is 7.40. The fraction of sp³-hybridized carbons (Fsp3) is 0.400. The Morgan fingerprint density at radius 1 is 1.06 bits per heavy atom. The van der Waals surface area contributed by atoms with Crippen LogP contribution in [0.3, 0.4) is 0 Å². The molecule has 0 saturated heterocycles. The first-order valence-corrected chi connectivity index (χ1v) is 11.1. The maximum atomic E-state index is 11.3. The Bertz CT molecular complexity index is 1070. The standard InChI is InChI=1S/C25H30N4O3/c1-16(18-7-5-4-6-8-18)28-25-21-13-24(23(31-3)14-22(21)26-15-27-25)32-20-11-9-19(10-12-20)29-17(2)30/h4-8,13-16,19-20H,9-12H2,1-3H3,(H,29,30)(H,26,27,28)/t16-,19?,20?/m1/s1. The minimum atomic E-state index is 0.0235. The molecule has 4 rings (SSSR count). The average molecular weight is 435 g/mol. The summed E-state index contributed by atoms with van der Waals surface area (Å²) in [6.45, 7) is 3.67. The third-order valence-corrected chi connectivity index (χ3v) is 5.95. The Labute approximate surface area is 188 Å². The second-order valence-electron chi connectivity index (χ2n) is 8.31. The van der Waals surface area contributed by atoms with E-state index in [2.05, 4.69) is 39.7 Å². The molecule has 1 amide bonds. The molecule has 1 aliphatic carbocycles. The van der Waals surface area contributed by atoms with Crippen LogP contribution in [0.15, 0.2) is 48.8 Å². The van der Waals surface area contributed by atoms with Crippen molar-refractivity contribution in [1.82, 2.24) is 15.3 Å². The third kappa shape index (κ3) is 5.10. The van der Waals surface area contributed by atoms with Gasteiger partial charge in [-0.05, 0) is 44.2 Å². The minimum Gasteiger partial charge on any atom is -0.493 e. The van der Waals surface area contributed by atoms with E-state index in [1.54, 1.807) is 20.4 Å².